The minimum atomic E-state index is -1.27. The van der Waals surface area contributed by atoms with E-state index in [-0.39, 0.29) is 32.4 Å². The number of carboxylic acid groups (broad SMARTS) is 1. The van der Waals surface area contributed by atoms with Crippen molar-refractivity contribution < 1.29 is 29.4 Å². The standard InChI is InChI=1S/C10H16N2O6S/c13-4-3-8(15)12-6(10(17)18)1-2-7(14)11-5-9(16)19/h6,13H,1-5H2,(H,11,14)(H,12,15)(H,16,19)(H,17,18). The predicted octanol–water partition coefficient (Wildman–Crippen LogP) is -1.71. The van der Waals surface area contributed by atoms with E-state index < -0.39 is 28.9 Å². The van der Waals surface area contributed by atoms with Gasteiger partial charge in [0.05, 0.1) is 13.2 Å². The van der Waals surface area contributed by atoms with E-state index in [0.717, 1.165) is 0 Å². The SMILES string of the molecule is O=C(S)CNC(=O)CCC(NC(=O)CCO)C(=O)O. The molecule has 0 bridgehead atoms. The number of amides is 2. The van der Waals surface area contributed by atoms with Crippen LogP contribution >= 0.6 is 12.6 Å². The lowest BCUT2D eigenvalue weighted by molar-refractivity contribution is -0.142. The van der Waals surface area contributed by atoms with Crippen LogP contribution in [0, 0.1) is 0 Å². The van der Waals surface area contributed by atoms with E-state index in [0.29, 0.717) is 0 Å². The topological polar surface area (TPSA) is 133 Å². The van der Waals surface area contributed by atoms with E-state index in [1.807, 2.05) is 0 Å². The van der Waals surface area contributed by atoms with Gasteiger partial charge in [-0.25, -0.2) is 4.79 Å². The Morgan fingerprint density at radius 2 is 1.74 bits per heavy atom. The van der Waals surface area contributed by atoms with Gasteiger partial charge in [0.25, 0.3) is 0 Å². The van der Waals surface area contributed by atoms with Crippen molar-refractivity contribution in [3.63, 3.8) is 0 Å². The highest BCUT2D eigenvalue weighted by molar-refractivity contribution is 7.96. The van der Waals surface area contributed by atoms with Crippen LogP contribution in [-0.2, 0) is 19.2 Å². The van der Waals surface area contributed by atoms with Gasteiger partial charge in [-0.1, -0.05) is 0 Å². The molecule has 0 saturated heterocycles. The van der Waals surface area contributed by atoms with Crippen LogP contribution in [0.25, 0.3) is 0 Å². The minimum Gasteiger partial charge on any atom is -0.480 e. The van der Waals surface area contributed by atoms with E-state index in [4.69, 9.17) is 10.2 Å². The molecule has 0 saturated carbocycles. The van der Waals surface area contributed by atoms with E-state index >= 15 is 0 Å². The van der Waals surface area contributed by atoms with E-state index in [9.17, 15) is 19.2 Å². The third kappa shape index (κ3) is 9.03. The first-order valence-corrected chi connectivity index (χ1v) is 5.93. The average Bonchev–Trinajstić information content (AvgIpc) is 2.31. The van der Waals surface area contributed by atoms with Gasteiger partial charge in [0.1, 0.15) is 6.04 Å². The largest absolute Gasteiger partial charge is 0.480 e. The monoisotopic (exact) mass is 292 g/mol. The number of aliphatic hydroxyl groups is 1. The molecule has 0 heterocycles. The molecule has 0 aromatic rings. The first-order chi connectivity index (χ1) is 8.86. The van der Waals surface area contributed by atoms with Crippen molar-refractivity contribution in [1.29, 1.82) is 0 Å². The normalized spacial score (nSPS) is 11.5. The maximum Gasteiger partial charge on any atom is 0.326 e. The van der Waals surface area contributed by atoms with Crippen LogP contribution in [0.2, 0.25) is 0 Å². The van der Waals surface area contributed by atoms with Gasteiger partial charge in [-0.05, 0) is 6.42 Å². The van der Waals surface area contributed by atoms with Gasteiger partial charge in [-0.3, -0.25) is 14.4 Å². The number of aliphatic hydroxyl groups excluding tert-OH is 1. The molecule has 0 aromatic heterocycles. The summed E-state index contributed by atoms with van der Waals surface area (Å²) in [5, 5.41) is 21.3. The Morgan fingerprint density at radius 1 is 1.11 bits per heavy atom. The Morgan fingerprint density at radius 3 is 2.21 bits per heavy atom. The fourth-order valence-electron chi connectivity index (χ4n) is 1.16. The van der Waals surface area contributed by atoms with E-state index in [1.165, 1.54) is 0 Å². The van der Waals surface area contributed by atoms with Crippen LogP contribution in [0.5, 0.6) is 0 Å². The second kappa shape index (κ2) is 9.34. The molecule has 0 rings (SSSR count). The fourth-order valence-corrected chi connectivity index (χ4v) is 1.24. The molecule has 8 nitrogen and oxygen atoms in total. The van der Waals surface area contributed by atoms with Gasteiger partial charge in [0.2, 0.25) is 16.9 Å². The highest BCUT2D eigenvalue weighted by atomic mass is 32.1. The molecule has 0 aromatic carbocycles. The third-order valence-corrected chi connectivity index (χ3v) is 2.23. The van der Waals surface area contributed by atoms with Gasteiger partial charge in [0.15, 0.2) is 0 Å². The van der Waals surface area contributed by atoms with Crippen molar-refractivity contribution >= 4 is 35.5 Å². The van der Waals surface area contributed by atoms with E-state index in [2.05, 4.69) is 23.3 Å². The lowest BCUT2D eigenvalue weighted by Gasteiger charge is -2.13. The molecule has 0 fully saturated rings. The van der Waals surface area contributed by atoms with Crippen molar-refractivity contribution in [2.75, 3.05) is 13.2 Å². The molecule has 4 N–H and O–H groups in total. The van der Waals surface area contributed by atoms with Crippen molar-refractivity contribution in [1.82, 2.24) is 10.6 Å². The van der Waals surface area contributed by atoms with Crippen LogP contribution in [0.3, 0.4) is 0 Å². The molecule has 2 amide bonds. The molecule has 1 atom stereocenters. The van der Waals surface area contributed by atoms with E-state index in [1.54, 1.807) is 0 Å². The fraction of sp³-hybridized carbons (Fsp3) is 0.600. The summed E-state index contributed by atoms with van der Waals surface area (Å²) in [6.07, 6.45) is -0.472. The Labute approximate surface area is 115 Å². The molecule has 0 aliphatic carbocycles. The van der Waals surface area contributed by atoms with Crippen molar-refractivity contribution in [2.24, 2.45) is 0 Å². The second-order valence-electron chi connectivity index (χ2n) is 3.64. The van der Waals surface area contributed by atoms with Gasteiger partial charge < -0.3 is 20.8 Å². The predicted molar refractivity (Wildman–Crippen MR) is 67.5 cm³/mol. The van der Waals surface area contributed by atoms with Crippen LogP contribution in [0.15, 0.2) is 0 Å². The average molecular weight is 292 g/mol. The zero-order valence-corrected chi connectivity index (χ0v) is 11.0. The Hall–Kier alpha value is -1.61. The minimum absolute atomic E-state index is 0.112. The molecule has 1 unspecified atom stereocenters. The summed E-state index contributed by atoms with van der Waals surface area (Å²) < 4.78 is 0. The Balaban J connectivity index is 4.14. The Kier molecular flexibility index (Phi) is 8.55. The lowest BCUT2D eigenvalue weighted by atomic mass is 10.1. The summed E-state index contributed by atoms with van der Waals surface area (Å²) in [4.78, 5) is 43.7. The quantitative estimate of drug-likeness (QED) is 0.321. The van der Waals surface area contributed by atoms with Crippen molar-refractivity contribution in [3.05, 3.63) is 0 Å². The number of rotatable bonds is 9. The number of carboxylic acids is 1. The molecule has 0 radical (unpaired) electrons. The lowest BCUT2D eigenvalue weighted by Crippen LogP contribution is -2.42. The number of hydrogen-bond donors (Lipinski definition) is 5. The van der Waals surface area contributed by atoms with Crippen LogP contribution in [-0.4, -0.2) is 52.3 Å². The number of hydrogen-bond acceptors (Lipinski definition) is 5. The Bertz CT molecular complexity index is 360. The molecular formula is C10H16N2O6S. The molecule has 0 aliphatic heterocycles. The number of carbonyl (C=O) groups excluding carboxylic acids is 3. The van der Waals surface area contributed by atoms with Gasteiger partial charge in [-0.2, -0.15) is 0 Å². The summed E-state index contributed by atoms with van der Waals surface area (Å²) in [6.45, 7) is -0.626. The molecule has 9 heteroatoms. The smallest absolute Gasteiger partial charge is 0.326 e. The number of carbonyl (C=O) groups is 4. The number of thiol groups is 1. The summed E-state index contributed by atoms with van der Waals surface area (Å²) in [5.74, 6) is -2.39. The van der Waals surface area contributed by atoms with Gasteiger partial charge in [-0.15, -0.1) is 12.6 Å². The molecular weight excluding hydrogens is 276 g/mol. The summed E-state index contributed by atoms with van der Waals surface area (Å²) in [5.41, 5.74) is 0. The van der Waals surface area contributed by atoms with Gasteiger partial charge >= 0.3 is 5.97 Å². The third-order valence-electron chi connectivity index (χ3n) is 2.07. The maximum absolute atomic E-state index is 11.2. The maximum atomic E-state index is 11.2. The summed E-state index contributed by atoms with van der Waals surface area (Å²) >= 11 is 3.45. The zero-order chi connectivity index (χ0) is 14.8. The van der Waals surface area contributed by atoms with Crippen LogP contribution < -0.4 is 10.6 Å². The summed E-state index contributed by atoms with van der Waals surface area (Å²) in [7, 11) is 0. The number of nitrogens with one attached hydrogen (secondary N) is 2. The van der Waals surface area contributed by atoms with Gasteiger partial charge in [0, 0.05) is 12.8 Å². The van der Waals surface area contributed by atoms with Crippen LogP contribution in [0.1, 0.15) is 19.3 Å². The zero-order valence-electron chi connectivity index (χ0n) is 10.1. The summed E-state index contributed by atoms with van der Waals surface area (Å²) in [6, 6.07) is -1.21. The molecule has 0 aliphatic rings. The first kappa shape index (κ1) is 17.4. The highest BCUT2D eigenvalue weighted by Gasteiger charge is 2.20. The van der Waals surface area contributed by atoms with Crippen molar-refractivity contribution in [3.8, 4) is 0 Å². The number of aliphatic carboxylic acids is 1. The van der Waals surface area contributed by atoms with Crippen molar-refractivity contribution in [2.45, 2.75) is 25.3 Å². The highest BCUT2D eigenvalue weighted by Crippen LogP contribution is 1.99. The molecule has 108 valence electrons. The van der Waals surface area contributed by atoms with Crippen LogP contribution in [0.4, 0.5) is 0 Å². The second-order valence-corrected chi connectivity index (χ2v) is 4.14. The molecule has 19 heavy (non-hydrogen) atoms. The molecule has 0 spiro atoms. The first-order valence-electron chi connectivity index (χ1n) is 5.48.